The van der Waals surface area contributed by atoms with Crippen molar-refractivity contribution in [3.63, 3.8) is 0 Å². The molecule has 7 heteroatoms. The number of hydrogen-bond donors (Lipinski definition) is 3. The Bertz CT molecular complexity index is 941. The molecule has 1 saturated heterocycles. The van der Waals surface area contributed by atoms with Gasteiger partial charge in [0.25, 0.3) is 0 Å². The second-order valence-corrected chi connectivity index (χ2v) is 9.69. The summed E-state index contributed by atoms with van der Waals surface area (Å²) in [7, 11) is 1.58. The topological polar surface area (TPSA) is 98.7 Å². The van der Waals surface area contributed by atoms with Gasteiger partial charge in [0.15, 0.2) is 0 Å². The molecule has 33 heavy (non-hydrogen) atoms. The Balaban J connectivity index is 2.08. The highest BCUT2D eigenvalue weighted by Gasteiger charge is 2.58. The van der Waals surface area contributed by atoms with E-state index in [-0.39, 0.29) is 36.2 Å². The van der Waals surface area contributed by atoms with Crippen molar-refractivity contribution in [2.45, 2.75) is 53.1 Å². The number of benzene rings is 1. The molecule has 3 N–H and O–H groups in total. The quantitative estimate of drug-likeness (QED) is 0.551. The molecule has 1 aliphatic carbocycles. The maximum atomic E-state index is 13.8. The number of nitrogens with zero attached hydrogens (tertiary/aromatic N) is 1. The van der Waals surface area contributed by atoms with E-state index in [0.717, 1.165) is 17.5 Å². The monoisotopic (exact) mass is 455 g/mol. The molecule has 0 aromatic heterocycles. The third-order valence-corrected chi connectivity index (χ3v) is 7.30. The first-order chi connectivity index (χ1) is 15.7. The van der Waals surface area contributed by atoms with Crippen molar-refractivity contribution < 1.29 is 19.5 Å². The van der Waals surface area contributed by atoms with Crippen molar-refractivity contribution in [2.75, 3.05) is 19.0 Å². The first-order valence-corrected chi connectivity index (χ1v) is 11.9. The Labute approximate surface area is 196 Å². The maximum absolute atomic E-state index is 13.8. The van der Waals surface area contributed by atoms with Crippen molar-refractivity contribution in [3.8, 4) is 0 Å². The smallest absolute Gasteiger partial charge is 0.247 e. The highest BCUT2D eigenvalue weighted by atomic mass is 16.3. The normalized spacial score (nSPS) is 27.5. The number of hydrogen-bond acceptors (Lipinski definition) is 4. The van der Waals surface area contributed by atoms with E-state index in [9.17, 15) is 19.5 Å². The van der Waals surface area contributed by atoms with Gasteiger partial charge >= 0.3 is 0 Å². The molecule has 0 radical (unpaired) electrons. The van der Waals surface area contributed by atoms with Crippen LogP contribution in [0.4, 0.5) is 5.69 Å². The van der Waals surface area contributed by atoms with E-state index in [4.69, 9.17) is 0 Å². The third kappa shape index (κ3) is 4.56. The van der Waals surface area contributed by atoms with Crippen LogP contribution < -0.4 is 10.6 Å². The summed E-state index contributed by atoms with van der Waals surface area (Å²) in [5.41, 5.74) is 2.65. The van der Waals surface area contributed by atoms with E-state index in [2.05, 4.69) is 10.6 Å². The molecule has 0 unspecified atom stereocenters. The Hall–Kier alpha value is -2.67. The largest absolute Gasteiger partial charge is 0.394 e. The van der Waals surface area contributed by atoms with Crippen LogP contribution in [0.15, 0.2) is 30.4 Å². The number of aliphatic hydroxyl groups is 1. The lowest BCUT2D eigenvalue weighted by Gasteiger charge is -2.35. The van der Waals surface area contributed by atoms with Gasteiger partial charge in [0.1, 0.15) is 6.04 Å². The van der Waals surface area contributed by atoms with E-state index in [1.807, 2.05) is 65.0 Å². The zero-order valence-electron chi connectivity index (χ0n) is 20.5. The van der Waals surface area contributed by atoms with Gasteiger partial charge in [-0.3, -0.25) is 14.4 Å². The van der Waals surface area contributed by atoms with Crippen LogP contribution in [0.25, 0.3) is 0 Å². The zero-order chi connectivity index (χ0) is 24.4. The number of rotatable bonds is 7. The molecule has 0 bridgehead atoms. The SMILES string of the molecule is CC[C@@H]1C=C[C@H]2[C@@H](C(=O)N([C@@H](CO)C(C)C)[C@@H]2C(=O)Nc2cc(C)ccc2C)[C@@H]1C(=O)NC. The van der Waals surface area contributed by atoms with Gasteiger partial charge in [0.05, 0.1) is 24.5 Å². The number of carbonyl (C=O) groups excluding carboxylic acids is 3. The van der Waals surface area contributed by atoms with Crippen LogP contribution in [0, 0.1) is 43.4 Å². The molecule has 3 amide bonds. The van der Waals surface area contributed by atoms with Gasteiger partial charge in [-0.1, -0.05) is 45.1 Å². The Morgan fingerprint density at radius 2 is 1.85 bits per heavy atom. The summed E-state index contributed by atoms with van der Waals surface area (Å²) in [5.74, 6) is -2.47. The number of nitrogens with one attached hydrogen (secondary N) is 2. The number of carbonyl (C=O) groups is 3. The fourth-order valence-electron chi connectivity index (χ4n) is 5.41. The summed E-state index contributed by atoms with van der Waals surface area (Å²) in [6, 6.07) is 4.52. The second-order valence-electron chi connectivity index (χ2n) is 9.69. The number of anilines is 1. The summed E-state index contributed by atoms with van der Waals surface area (Å²) in [6.07, 6.45) is 4.65. The minimum Gasteiger partial charge on any atom is -0.394 e. The fourth-order valence-corrected chi connectivity index (χ4v) is 5.41. The van der Waals surface area contributed by atoms with Crippen LogP contribution in [0.1, 0.15) is 38.3 Å². The number of amides is 3. The summed E-state index contributed by atoms with van der Waals surface area (Å²) >= 11 is 0. The molecule has 1 aromatic rings. The molecule has 2 aliphatic rings. The van der Waals surface area contributed by atoms with Crippen LogP contribution in [0.3, 0.4) is 0 Å². The molecule has 1 fully saturated rings. The summed E-state index contributed by atoms with van der Waals surface area (Å²) in [6.45, 7) is 9.49. The highest BCUT2D eigenvalue weighted by molar-refractivity contribution is 6.02. The van der Waals surface area contributed by atoms with E-state index in [1.165, 1.54) is 0 Å². The molecule has 1 aliphatic heterocycles. The van der Waals surface area contributed by atoms with Gasteiger partial charge in [-0.15, -0.1) is 0 Å². The average Bonchev–Trinajstić information content (AvgIpc) is 3.07. The third-order valence-electron chi connectivity index (χ3n) is 7.30. The van der Waals surface area contributed by atoms with Gasteiger partial charge in [-0.2, -0.15) is 0 Å². The van der Waals surface area contributed by atoms with Crippen LogP contribution in [0.2, 0.25) is 0 Å². The molecule has 1 heterocycles. The minimum atomic E-state index is -0.803. The van der Waals surface area contributed by atoms with Gasteiger partial charge in [0.2, 0.25) is 17.7 Å². The number of likely N-dealkylation sites (tertiary alicyclic amines) is 1. The first kappa shape index (κ1) is 25.0. The zero-order valence-corrected chi connectivity index (χ0v) is 20.5. The molecular formula is C26H37N3O4. The maximum Gasteiger partial charge on any atom is 0.247 e. The van der Waals surface area contributed by atoms with Crippen molar-refractivity contribution in [1.29, 1.82) is 0 Å². The number of aryl methyl sites for hydroxylation is 2. The second kappa shape index (κ2) is 10.1. The number of fused-ring (bicyclic) bond motifs is 1. The van der Waals surface area contributed by atoms with Gasteiger partial charge in [-0.05, 0) is 49.3 Å². The molecule has 0 saturated carbocycles. The average molecular weight is 456 g/mol. The van der Waals surface area contributed by atoms with Crippen LogP contribution >= 0.6 is 0 Å². The van der Waals surface area contributed by atoms with Crippen LogP contribution in [0.5, 0.6) is 0 Å². The van der Waals surface area contributed by atoms with Crippen molar-refractivity contribution >= 4 is 23.4 Å². The van der Waals surface area contributed by atoms with E-state index < -0.39 is 29.8 Å². The van der Waals surface area contributed by atoms with E-state index in [0.29, 0.717) is 5.69 Å². The molecular weight excluding hydrogens is 418 g/mol. The van der Waals surface area contributed by atoms with Gasteiger partial charge in [0, 0.05) is 18.7 Å². The van der Waals surface area contributed by atoms with E-state index in [1.54, 1.807) is 11.9 Å². The van der Waals surface area contributed by atoms with E-state index >= 15 is 0 Å². The molecule has 1 aromatic carbocycles. The highest BCUT2D eigenvalue weighted by Crippen LogP contribution is 2.46. The predicted molar refractivity (Wildman–Crippen MR) is 128 cm³/mol. The van der Waals surface area contributed by atoms with Gasteiger partial charge in [-0.25, -0.2) is 0 Å². The lowest BCUT2D eigenvalue weighted by atomic mass is 9.69. The molecule has 180 valence electrons. The molecule has 0 spiro atoms. The lowest BCUT2D eigenvalue weighted by Crippen LogP contribution is -2.52. The predicted octanol–water partition coefficient (Wildman–Crippen LogP) is 2.66. The Kier molecular flexibility index (Phi) is 7.62. The van der Waals surface area contributed by atoms with Gasteiger partial charge < -0.3 is 20.6 Å². The Morgan fingerprint density at radius 3 is 2.42 bits per heavy atom. The molecule has 3 rings (SSSR count). The first-order valence-electron chi connectivity index (χ1n) is 11.9. The fraction of sp³-hybridized carbons (Fsp3) is 0.577. The standard InChI is InChI=1S/C26H37N3O4/c1-7-17-10-11-18-22(21(17)24(31)27-6)26(33)29(20(13-30)14(2)3)23(18)25(32)28-19-12-15(4)8-9-16(19)5/h8-12,14,17-18,20-23,30H,7,13H2,1-6H3,(H,27,31)(H,28,32)/t17-,18+,20+,21-,22-,23+/m1/s1. The summed E-state index contributed by atoms with van der Waals surface area (Å²) in [5, 5.41) is 15.9. The number of aliphatic hydroxyl groups excluding tert-OH is 1. The van der Waals surface area contributed by atoms with Crippen LogP contribution in [-0.2, 0) is 14.4 Å². The summed E-state index contributed by atoms with van der Waals surface area (Å²) < 4.78 is 0. The molecule has 6 atom stereocenters. The Morgan fingerprint density at radius 1 is 1.15 bits per heavy atom. The van der Waals surface area contributed by atoms with Crippen LogP contribution in [-0.4, -0.2) is 53.5 Å². The van der Waals surface area contributed by atoms with Crippen molar-refractivity contribution in [1.82, 2.24) is 10.2 Å². The van der Waals surface area contributed by atoms with Crippen molar-refractivity contribution in [3.05, 3.63) is 41.5 Å². The summed E-state index contributed by atoms with van der Waals surface area (Å²) in [4.78, 5) is 42.0. The molecule has 7 nitrogen and oxygen atoms in total. The number of allylic oxidation sites excluding steroid dienone is 1. The minimum absolute atomic E-state index is 0.0560. The lowest BCUT2D eigenvalue weighted by molar-refractivity contribution is -0.143. The van der Waals surface area contributed by atoms with Crippen molar-refractivity contribution in [2.24, 2.45) is 29.6 Å².